The first kappa shape index (κ1) is 12.0. The van der Waals surface area contributed by atoms with Crippen molar-refractivity contribution in [1.82, 2.24) is 19.5 Å². The van der Waals surface area contributed by atoms with E-state index < -0.39 is 5.97 Å². The van der Waals surface area contributed by atoms with Gasteiger partial charge in [0.05, 0.1) is 13.7 Å². The molecule has 2 aromatic rings. The van der Waals surface area contributed by atoms with E-state index in [0.717, 1.165) is 5.82 Å². The zero-order valence-corrected chi connectivity index (χ0v) is 10.1. The highest BCUT2D eigenvalue weighted by Gasteiger charge is 2.13. The molecule has 7 heteroatoms. The molecule has 0 aliphatic rings. The van der Waals surface area contributed by atoms with E-state index in [4.69, 9.17) is 0 Å². The van der Waals surface area contributed by atoms with Crippen LogP contribution in [0.1, 0.15) is 16.2 Å². The molecule has 2 heterocycles. The van der Waals surface area contributed by atoms with Gasteiger partial charge >= 0.3 is 5.97 Å². The summed E-state index contributed by atoms with van der Waals surface area (Å²) in [6.07, 6.45) is 6.34. The summed E-state index contributed by atoms with van der Waals surface area (Å²) in [6.45, 7) is 0.463. The Hall–Kier alpha value is -2.44. The van der Waals surface area contributed by atoms with Crippen LogP contribution in [0.2, 0.25) is 0 Å². The molecule has 0 aromatic carbocycles. The number of ether oxygens (including phenoxy) is 1. The Balaban J connectivity index is 2.14. The summed E-state index contributed by atoms with van der Waals surface area (Å²) in [5.41, 5.74) is 0.300. The number of imidazole rings is 1. The molecular formula is C11H13N5O2. The molecule has 0 saturated heterocycles. The van der Waals surface area contributed by atoms with E-state index in [1.54, 1.807) is 6.20 Å². The number of anilines is 1. The van der Waals surface area contributed by atoms with Gasteiger partial charge in [-0.2, -0.15) is 0 Å². The third-order valence-electron chi connectivity index (χ3n) is 2.45. The largest absolute Gasteiger partial charge is 0.465 e. The number of carbonyl (C=O) groups excluding carboxylic acids is 1. The third-order valence-corrected chi connectivity index (χ3v) is 2.45. The zero-order valence-electron chi connectivity index (χ0n) is 10.1. The number of hydrogen-bond acceptors (Lipinski definition) is 6. The summed E-state index contributed by atoms with van der Waals surface area (Å²) in [6, 6.07) is 0. The number of rotatable bonds is 4. The molecule has 7 nitrogen and oxygen atoms in total. The van der Waals surface area contributed by atoms with Crippen LogP contribution in [0.5, 0.6) is 0 Å². The molecular weight excluding hydrogens is 234 g/mol. The van der Waals surface area contributed by atoms with Gasteiger partial charge in [-0.15, -0.1) is 0 Å². The highest BCUT2D eigenvalue weighted by Crippen LogP contribution is 2.12. The third kappa shape index (κ3) is 2.45. The van der Waals surface area contributed by atoms with E-state index in [0.29, 0.717) is 17.9 Å². The first-order valence-electron chi connectivity index (χ1n) is 5.30. The smallest absolute Gasteiger partial charge is 0.343 e. The monoisotopic (exact) mass is 247 g/mol. The van der Waals surface area contributed by atoms with E-state index in [2.05, 4.69) is 25.0 Å². The van der Waals surface area contributed by atoms with Gasteiger partial charge in [0.1, 0.15) is 23.5 Å². The number of hydrogen-bond donors (Lipinski definition) is 1. The van der Waals surface area contributed by atoms with Crippen LogP contribution in [-0.4, -0.2) is 32.6 Å². The van der Waals surface area contributed by atoms with Gasteiger partial charge in [0.25, 0.3) is 0 Å². The van der Waals surface area contributed by atoms with E-state index in [-0.39, 0.29) is 0 Å². The summed E-state index contributed by atoms with van der Waals surface area (Å²) in [7, 11) is 3.21. The maximum absolute atomic E-state index is 11.5. The lowest BCUT2D eigenvalue weighted by Gasteiger charge is -2.08. The molecule has 2 rings (SSSR count). The first-order chi connectivity index (χ1) is 8.72. The zero-order chi connectivity index (χ0) is 13.0. The van der Waals surface area contributed by atoms with Crippen LogP contribution in [0.3, 0.4) is 0 Å². The Bertz CT molecular complexity index is 552. The van der Waals surface area contributed by atoms with Crippen molar-refractivity contribution in [2.24, 2.45) is 7.05 Å². The van der Waals surface area contributed by atoms with Gasteiger partial charge < -0.3 is 14.6 Å². The molecule has 0 radical (unpaired) electrons. The standard InChI is InChI=1S/C11H13N5O2/c1-16-4-3-13-9(16)6-14-10-8(11(17)18-2)5-12-7-15-10/h3-5,7H,6H2,1-2H3,(H,12,14,15). The van der Waals surface area contributed by atoms with Gasteiger partial charge in [0.2, 0.25) is 0 Å². The number of aryl methyl sites for hydroxylation is 1. The molecule has 0 fully saturated rings. The van der Waals surface area contributed by atoms with Crippen molar-refractivity contribution in [1.29, 1.82) is 0 Å². The normalized spacial score (nSPS) is 10.1. The molecule has 0 saturated carbocycles. The average Bonchev–Trinajstić information content (AvgIpc) is 2.81. The minimum atomic E-state index is -0.474. The Morgan fingerprint density at radius 2 is 2.33 bits per heavy atom. The van der Waals surface area contributed by atoms with Crippen molar-refractivity contribution in [3.05, 3.63) is 36.3 Å². The molecule has 0 atom stereocenters. The molecule has 0 spiro atoms. The van der Waals surface area contributed by atoms with Crippen LogP contribution < -0.4 is 5.32 Å². The maximum atomic E-state index is 11.5. The van der Waals surface area contributed by atoms with Gasteiger partial charge in [-0.3, -0.25) is 0 Å². The SMILES string of the molecule is COC(=O)c1cncnc1NCc1nccn1C. The minimum absolute atomic E-state index is 0.300. The average molecular weight is 247 g/mol. The Morgan fingerprint density at radius 1 is 1.50 bits per heavy atom. The van der Waals surface area contributed by atoms with Crippen LogP contribution in [0.25, 0.3) is 0 Å². The molecule has 0 aliphatic carbocycles. The summed E-state index contributed by atoms with van der Waals surface area (Å²) in [5, 5.41) is 3.04. The number of methoxy groups -OCH3 is 1. The summed E-state index contributed by atoms with van der Waals surface area (Å²) >= 11 is 0. The van der Waals surface area contributed by atoms with Crippen LogP contribution in [0.15, 0.2) is 24.9 Å². The second kappa shape index (κ2) is 5.26. The Morgan fingerprint density at radius 3 is 3.00 bits per heavy atom. The van der Waals surface area contributed by atoms with Crippen LogP contribution in [0.4, 0.5) is 5.82 Å². The fourth-order valence-electron chi connectivity index (χ4n) is 1.46. The number of aromatic nitrogens is 4. The van der Waals surface area contributed by atoms with E-state index >= 15 is 0 Å². The van der Waals surface area contributed by atoms with Gasteiger partial charge in [0.15, 0.2) is 0 Å². The molecule has 0 unspecified atom stereocenters. The molecule has 0 aliphatic heterocycles. The van der Waals surface area contributed by atoms with Gasteiger partial charge in [-0.05, 0) is 0 Å². The van der Waals surface area contributed by atoms with Crippen molar-refractivity contribution < 1.29 is 9.53 Å². The molecule has 0 amide bonds. The summed E-state index contributed by atoms with van der Waals surface area (Å²) < 4.78 is 6.54. The summed E-state index contributed by atoms with van der Waals surface area (Å²) in [4.78, 5) is 23.5. The van der Waals surface area contributed by atoms with Crippen molar-refractivity contribution >= 4 is 11.8 Å². The van der Waals surface area contributed by atoms with E-state index in [1.807, 2.05) is 17.8 Å². The lowest BCUT2D eigenvalue weighted by atomic mass is 10.3. The topological polar surface area (TPSA) is 81.9 Å². The predicted molar refractivity (Wildman–Crippen MR) is 63.9 cm³/mol. The molecule has 2 aromatic heterocycles. The first-order valence-corrected chi connectivity index (χ1v) is 5.30. The van der Waals surface area contributed by atoms with Crippen LogP contribution in [0, 0.1) is 0 Å². The van der Waals surface area contributed by atoms with Crippen LogP contribution in [-0.2, 0) is 18.3 Å². The fourth-order valence-corrected chi connectivity index (χ4v) is 1.46. The Labute approximate surface area is 104 Å². The van der Waals surface area contributed by atoms with Gasteiger partial charge in [-0.25, -0.2) is 19.7 Å². The molecule has 18 heavy (non-hydrogen) atoms. The number of nitrogens with zero attached hydrogens (tertiary/aromatic N) is 4. The lowest BCUT2D eigenvalue weighted by Crippen LogP contribution is -2.12. The van der Waals surface area contributed by atoms with Gasteiger partial charge in [0, 0.05) is 25.6 Å². The molecule has 0 bridgehead atoms. The maximum Gasteiger partial charge on any atom is 0.343 e. The number of esters is 1. The fraction of sp³-hybridized carbons (Fsp3) is 0.273. The van der Waals surface area contributed by atoms with Crippen LogP contribution >= 0.6 is 0 Å². The van der Waals surface area contributed by atoms with E-state index in [9.17, 15) is 4.79 Å². The van der Waals surface area contributed by atoms with Crippen molar-refractivity contribution in [2.45, 2.75) is 6.54 Å². The predicted octanol–water partition coefficient (Wildman–Crippen LogP) is 0.609. The molecule has 94 valence electrons. The number of nitrogens with one attached hydrogen (secondary N) is 1. The second-order valence-electron chi connectivity index (χ2n) is 3.58. The quantitative estimate of drug-likeness (QED) is 0.797. The van der Waals surface area contributed by atoms with Crippen molar-refractivity contribution in [3.8, 4) is 0 Å². The van der Waals surface area contributed by atoms with Crippen molar-refractivity contribution in [3.63, 3.8) is 0 Å². The summed E-state index contributed by atoms with van der Waals surface area (Å²) in [5.74, 6) is 0.794. The van der Waals surface area contributed by atoms with Gasteiger partial charge in [-0.1, -0.05) is 0 Å². The highest BCUT2D eigenvalue weighted by atomic mass is 16.5. The molecule has 1 N–H and O–H groups in total. The second-order valence-corrected chi connectivity index (χ2v) is 3.58. The Kier molecular flexibility index (Phi) is 3.52. The highest BCUT2D eigenvalue weighted by molar-refractivity contribution is 5.94. The van der Waals surface area contributed by atoms with E-state index in [1.165, 1.54) is 19.6 Å². The minimum Gasteiger partial charge on any atom is -0.465 e. The lowest BCUT2D eigenvalue weighted by molar-refractivity contribution is 0.0601. The number of carbonyl (C=O) groups is 1. The van der Waals surface area contributed by atoms with Crippen molar-refractivity contribution in [2.75, 3.05) is 12.4 Å².